The molecule has 3 nitrogen and oxygen atoms in total. The van der Waals surface area contributed by atoms with Crippen molar-refractivity contribution in [2.24, 2.45) is 0 Å². The average Bonchev–Trinajstić information content (AvgIpc) is 2.35. The lowest BCUT2D eigenvalue weighted by atomic mass is 9.85. The molecule has 2 rings (SSSR count). The number of hydrogen-bond acceptors (Lipinski definition) is 3. The normalized spacial score (nSPS) is 11.4. The fourth-order valence-electron chi connectivity index (χ4n) is 2.04. The van der Waals surface area contributed by atoms with Gasteiger partial charge in [0, 0.05) is 11.6 Å². The first-order chi connectivity index (χ1) is 9.27. The fraction of sp³-hybridized carbons (Fsp3) is 0.353. The number of nitrogens with zero attached hydrogens (tertiary/aromatic N) is 1. The molecule has 0 saturated heterocycles. The van der Waals surface area contributed by atoms with Crippen molar-refractivity contribution in [2.45, 2.75) is 40.0 Å². The van der Waals surface area contributed by atoms with Crippen LogP contribution in [0.4, 0.5) is 5.69 Å². The van der Waals surface area contributed by atoms with Crippen LogP contribution in [-0.4, -0.2) is 4.98 Å². The molecule has 1 aromatic heterocycles. The van der Waals surface area contributed by atoms with E-state index in [2.05, 4.69) is 44.8 Å². The third-order valence-corrected chi connectivity index (χ3v) is 3.26. The van der Waals surface area contributed by atoms with Gasteiger partial charge in [0.15, 0.2) is 0 Å². The molecule has 106 valence electrons. The number of benzene rings is 1. The Labute approximate surface area is 120 Å². The van der Waals surface area contributed by atoms with Gasteiger partial charge in [-0.2, -0.15) is 0 Å². The highest BCUT2D eigenvalue weighted by molar-refractivity contribution is 5.46. The van der Waals surface area contributed by atoms with E-state index in [1.54, 1.807) is 6.07 Å². The van der Waals surface area contributed by atoms with Crippen LogP contribution in [0.2, 0.25) is 0 Å². The van der Waals surface area contributed by atoms with Gasteiger partial charge in [-0.1, -0.05) is 38.5 Å². The van der Waals surface area contributed by atoms with Gasteiger partial charge < -0.3 is 10.5 Å². The van der Waals surface area contributed by atoms with Crippen LogP contribution in [-0.2, 0) is 5.41 Å². The Hall–Kier alpha value is -2.03. The molecule has 0 aliphatic rings. The zero-order valence-electron chi connectivity index (χ0n) is 12.8. The van der Waals surface area contributed by atoms with Crippen LogP contribution in [0.3, 0.4) is 0 Å². The lowest BCUT2D eigenvalue weighted by molar-refractivity contribution is 0.439. The summed E-state index contributed by atoms with van der Waals surface area (Å²) in [5.41, 5.74) is 9.66. The summed E-state index contributed by atoms with van der Waals surface area (Å²) in [6.07, 6.45) is 0. The number of nitrogens with two attached hydrogens (primary N) is 1. The number of nitrogen functional groups attached to an aromatic ring is 1. The highest BCUT2D eigenvalue weighted by Gasteiger charge is 2.19. The van der Waals surface area contributed by atoms with Crippen LogP contribution in [0.5, 0.6) is 11.6 Å². The summed E-state index contributed by atoms with van der Waals surface area (Å²) >= 11 is 0. The minimum atomic E-state index is 0.0181. The van der Waals surface area contributed by atoms with Gasteiger partial charge in [-0.05, 0) is 31.4 Å². The maximum absolute atomic E-state index is 5.96. The molecule has 3 heteroatoms. The number of rotatable bonds is 2. The molecule has 0 radical (unpaired) electrons. The molecule has 0 saturated carbocycles. The minimum Gasteiger partial charge on any atom is -0.439 e. The largest absolute Gasteiger partial charge is 0.439 e. The molecule has 2 aromatic rings. The topological polar surface area (TPSA) is 48.1 Å². The van der Waals surface area contributed by atoms with Gasteiger partial charge >= 0.3 is 0 Å². The van der Waals surface area contributed by atoms with Gasteiger partial charge in [0.05, 0.1) is 11.4 Å². The monoisotopic (exact) mass is 270 g/mol. The first-order valence-electron chi connectivity index (χ1n) is 6.79. The summed E-state index contributed by atoms with van der Waals surface area (Å²) in [6, 6.07) is 9.84. The van der Waals surface area contributed by atoms with E-state index in [0.29, 0.717) is 11.6 Å². The van der Waals surface area contributed by atoms with Gasteiger partial charge in [0.1, 0.15) is 5.75 Å². The smallest absolute Gasteiger partial charge is 0.219 e. The highest BCUT2D eigenvalue weighted by Crippen LogP contribution is 2.34. The van der Waals surface area contributed by atoms with Crippen molar-refractivity contribution in [3.05, 3.63) is 47.2 Å². The summed E-state index contributed by atoms with van der Waals surface area (Å²) in [5.74, 6) is 1.42. The maximum atomic E-state index is 5.96. The van der Waals surface area contributed by atoms with Crippen LogP contribution < -0.4 is 10.5 Å². The molecule has 1 aromatic carbocycles. The lowest BCUT2D eigenvalue weighted by Crippen LogP contribution is -2.13. The number of anilines is 1. The van der Waals surface area contributed by atoms with E-state index >= 15 is 0 Å². The molecule has 0 spiro atoms. The van der Waals surface area contributed by atoms with Crippen LogP contribution in [0.1, 0.15) is 37.6 Å². The fourth-order valence-corrected chi connectivity index (χ4v) is 2.04. The Morgan fingerprint density at radius 2 is 1.75 bits per heavy atom. The molecule has 0 aliphatic heterocycles. The molecule has 0 bridgehead atoms. The summed E-state index contributed by atoms with van der Waals surface area (Å²) in [4.78, 5) is 4.37. The number of hydrogen-bond donors (Lipinski definition) is 1. The average molecular weight is 270 g/mol. The van der Waals surface area contributed by atoms with Crippen molar-refractivity contribution >= 4 is 5.69 Å². The quantitative estimate of drug-likeness (QED) is 0.881. The molecular weight excluding hydrogens is 248 g/mol. The molecule has 1 heterocycles. The van der Waals surface area contributed by atoms with E-state index in [0.717, 1.165) is 11.4 Å². The number of ether oxygens (including phenoxy) is 1. The molecule has 0 unspecified atom stereocenters. The minimum absolute atomic E-state index is 0.0181. The third kappa shape index (κ3) is 3.10. The van der Waals surface area contributed by atoms with Crippen molar-refractivity contribution in [2.75, 3.05) is 5.73 Å². The Bertz CT molecular complexity index is 627. The van der Waals surface area contributed by atoms with E-state index < -0.39 is 0 Å². The third-order valence-electron chi connectivity index (χ3n) is 3.26. The van der Waals surface area contributed by atoms with E-state index in [1.165, 1.54) is 11.1 Å². The van der Waals surface area contributed by atoms with Crippen molar-refractivity contribution < 1.29 is 4.74 Å². The Morgan fingerprint density at radius 1 is 1.05 bits per heavy atom. The molecule has 0 atom stereocenters. The van der Waals surface area contributed by atoms with Crippen LogP contribution in [0.25, 0.3) is 0 Å². The Kier molecular flexibility index (Phi) is 3.71. The van der Waals surface area contributed by atoms with Crippen molar-refractivity contribution in [3.8, 4) is 11.6 Å². The predicted octanol–water partition coefficient (Wildman–Crippen LogP) is 4.37. The second-order valence-electron chi connectivity index (χ2n) is 6.18. The first kappa shape index (κ1) is 14.4. The van der Waals surface area contributed by atoms with Crippen LogP contribution in [0, 0.1) is 13.8 Å². The van der Waals surface area contributed by atoms with Crippen molar-refractivity contribution in [1.82, 2.24) is 4.98 Å². The molecule has 2 N–H and O–H groups in total. The second-order valence-corrected chi connectivity index (χ2v) is 6.18. The number of aryl methyl sites for hydroxylation is 2. The first-order valence-corrected chi connectivity index (χ1v) is 6.79. The predicted molar refractivity (Wildman–Crippen MR) is 83.3 cm³/mol. The van der Waals surface area contributed by atoms with Gasteiger partial charge in [0.25, 0.3) is 0 Å². The van der Waals surface area contributed by atoms with E-state index in [9.17, 15) is 0 Å². The Morgan fingerprint density at radius 3 is 2.35 bits per heavy atom. The highest BCUT2D eigenvalue weighted by atomic mass is 16.5. The van der Waals surface area contributed by atoms with Gasteiger partial charge in [-0.15, -0.1) is 0 Å². The lowest BCUT2D eigenvalue weighted by Gasteiger charge is -2.23. The van der Waals surface area contributed by atoms with Crippen molar-refractivity contribution in [3.63, 3.8) is 0 Å². The molecule has 20 heavy (non-hydrogen) atoms. The standard InChI is InChI=1S/C17H22N2O/c1-11-6-8-15(13(10-11)17(3,4)5)20-16-9-7-14(18)12(2)19-16/h6-10H,18H2,1-5H3. The SMILES string of the molecule is Cc1ccc(Oc2ccc(N)c(C)n2)c(C(C)(C)C)c1. The zero-order chi connectivity index (χ0) is 14.9. The zero-order valence-corrected chi connectivity index (χ0v) is 12.8. The molecular formula is C17H22N2O. The van der Waals surface area contributed by atoms with Crippen LogP contribution >= 0.6 is 0 Å². The molecule has 0 aliphatic carbocycles. The molecule has 0 fully saturated rings. The summed E-state index contributed by atoms with van der Waals surface area (Å²) < 4.78 is 5.96. The van der Waals surface area contributed by atoms with Crippen LogP contribution in [0.15, 0.2) is 30.3 Å². The van der Waals surface area contributed by atoms with Gasteiger partial charge in [-0.3, -0.25) is 0 Å². The van der Waals surface area contributed by atoms with Gasteiger partial charge in [-0.25, -0.2) is 4.98 Å². The summed E-state index contributed by atoms with van der Waals surface area (Å²) in [7, 11) is 0. The summed E-state index contributed by atoms with van der Waals surface area (Å²) in [5, 5.41) is 0. The van der Waals surface area contributed by atoms with Gasteiger partial charge in [0.2, 0.25) is 5.88 Å². The van der Waals surface area contributed by atoms with E-state index in [4.69, 9.17) is 10.5 Å². The second kappa shape index (κ2) is 5.16. The number of aromatic nitrogens is 1. The van der Waals surface area contributed by atoms with E-state index in [1.807, 2.05) is 19.1 Å². The van der Waals surface area contributed by atoms with E-state index in [-0.39, 0.29) is 5.41 Å². The Balaban J connectivity index is 2.40. The van der Waals surface area contributed by atoms with Crippen molar-refractivity contribution in [1.29, 1.82) is 0 Å². The summed E-state index contributed by atoms with van der Waals surface area (Å²) in [6.45, 7) is 10.5. The number of pyridine rings is 1. The maximum Gasteiger partial charge on any atom is 0.219 e. The molecule has 0 amide bonds.